The molecule has 4 rings (SSSR count). The Morgan fingerprint density at radius 1 is 1.25 bits per heavy atom. The van der Waals surface area contributed by atoms with Crippen LogP contribution in [0.5, 0.6) is 0 Å². The largest absolute Gasteiger partial charge is 0.377 e. The van der Waals surface area contributed by atoms with E-state index < -0.39 is 0 Å². The average molecular weight is 437 g/mol. The Morgan fingerprint density at radius 3 is 2.78 bits per heavy atom. The minimum absolute atomic E-state index is 0.205. The lowest BCUT2D eigenvalue weighted by atomic mass is 10.1. The van der Waals surface area contributed by atoms with Crippen LogP contribution in [-0.4, -0.2) is 52.9 Å². The van der Waals surface area contributed by atoms with Crippen LogP contribution in [0.1, 0.15) is 33.6 Å². The number of aryl methyl sites for hydroxylation is 1. The number of aromatic nitrogens is 3. The normalized spacial score (nSPS) is 16.3. The van der Waals surface area contributed by atoms with Crippen LogP contribution in [0.25, 0.3) is 22.4 Å². The molecule has 8 heteroatoms. The Bertz CT molecular complexity index is 1060. The van der Waals surface area contributed by atoms with E-state index in [1.807, 2.05) is 37.5 Å². The fourth-order valence-corrected chi connectivity index (χ4v) is 4.02. The van der Waals surface area contributed by atoms with Crippen molar-refractivity contribution in [2.24, 2.45) is 0 Å². The van der Waals surface area contributed by atoms with Gasteiger partial charge in [0.1, 0.15) is 5.52 Å². The maximum absolute atomic E-state index is 11.8. The van der Waals surface area contributed by atoms with Crippen molar-refractivity contribution < 1.29 is 9.53 Å². The third kappa shape index (κ3) is 4.70. The summed E-state index contributed by atoms with van der Waals surface area (Å²) in [7, 11) is 0. The Kier molecular flexibility index (Phi) is 6.90. The summed E-state index contributed by atoms with van der Waals surface area (Å²) in [4.78, 5) is 23.9. The predicted molar refractivity (Wildman–Crippen MR) is 128 cm³/mol. The fraction of sp³-hybridized carbons (Fsp3) is 0.458. The van der Waals surface area contributed by atoms with Gasteiger partial charge in [-0.25, -0.2) is 14.8 Å². The van der Waals surface area contributed by atoms with Gasteiger partial charge in [0.05, 0.1) is 30.9 Å². The minimum Gasteiger partial charge on any atom is -0.377 e. The summed E-state index contributed by atoms with van der Waals surface area (Å²) in [6.45, 7) is 9.99. The number of hydrogen-bond donors (Lipinski definition) is 2. The molecule has 2 amide bonds. The molecular formula is C24H32N6O2. The van der Waals surface area contributed by atoms with Gasteiger partial charge in [-0.3, -0.25) is 0 Å². The number of urea groups is 1. The smallest absolute Gasteiger partial charge is 0.319 e. The molecule has 2 N–H and O–H groups in total. The second-order valence-electron chi connectivity index (χ2n) is 8.17. The van der Waals surface area contributed by atoms with E-state index in [9.17, 15) is 4.79 Å². The Balaban J connectivity index is 1.72. The minimum atomic E-state index is -0.205. The number of unbranched alkanes of at least 4 members (excludes halogenated alkanes) is 1. The van der Waals surface area contributed by atoms with Gasteiger partial charge >= 0.3 is 6.03 Å². The van der Waals surface area contributed by atoms with Crippen LogP contribution in [0.15, 0.2) is 36.7 Å². The number of rotatable bonds is 7. The van der Waals surface area contributed by atoms with Gasteiger partial charge in [0.15, 0.2) is 5.65 Å². The zero-order chi connectivity index (χ0) is 22.5. The van der Waals surface area contributed by atoms with Crippen LogP contribution >= 0.6 is 0 Å². The number of carbonyl (C=O) groups excluding carboxylic acids is 1. The van der Waals surface area contributed by atoms with Crippen molar-refractivity contribution in [2.45, 2.75) is 46.2 Å². The second kappa shape index (κ2) is 9.99. The molecule has 1 saturated heterocycles. The Labute approximate surface area is 189 Å². The maximum Gasteiger partial charge on any atom is 0.319 e. The highest BCUT2D eigenvalue weighted by Gasteiger charge is 2.24. The van der Waals surface area contributed by atoms with Crippen LogP contribution in [0.3, 0.4) is 0 Å². The number of imidazole rings is 1. The summed E-state index contributed by atoms with van der Waals surface area (Å²) in [6, 6.07) is 10.00. The van der Waals surface area contributed by atoms with E-state index in [0.717, 1.165) is 59.7 Å². The van der Waals surface area contributed by atoms with Crippen LogP contribution < -0.4 is 15.5 Å². The van der Waals surface area contributed by atoms with Gasteiger partial charge in [-0.2, -0.15) is 0 Å². The number of amides is 2. The zero-order valence-corrected chi connectivity index (χ0v) is 19.1. The second-order valence-corrected chi connectivity index (χ2v) is 8.17. The van der Waals surface area contributed by atoms with Crippen molar-refractivity contribution in [3.05, 3.63) is 36.7 Å². The molecule has 1 aliphatic rings. The number of morpholine rings is 1. The predicted octanol–water partition coefficient (Wildman–Crippen LogP) is 4.26. The van der Waals surface area contributed by atoms with E-state index in [1.165, 1.54) is 0 Å². The Hall–Kier alpha value is -3.13. The summed E-state index contributed by atoms with van der Waals surface area (Å²) in [5.74, 6) is 0. The number of carbonyl (C=O) groups is 1. The Morgan fingerprint density at radius 2 is 2.06 bits per heavy atom. The number of nitrogens with one attached hydrogen (secondary N) is 2. The SMILES string of the molecule is CCCCn1cnc2c(N3CCOC[C@@H]3C)cc(-c3ccc(NC(=O)NCC)cc3)nc21. The summed E-state index contributed by atoms with van der Waals surface area (Å²) >= 11 is 0. The van der Waals surface area contributed by atoms with Gasteiger partial charge in [-0.1, -0.05) is 25.5 Å². The van der Waals surface area contributed by atoms with E-state index in [2.05, 4.69) is 40.0 Å². The number of hydrogen-bond acceptors (Lipinski definition) is 5. The van der Waals surface area contributed by atoms with Gasteiger partial charge in [0.2, 0.25) is 0 Å². The zero-order valence-electron chi connectivity index (χ0n) is 19.1. The summed E-state index contributed by atoms with van der Waals surface area (Å²) < 4.78 is 7.81. The van der Waals surface area contributed by atoms with E-state index >= 15 is 0 Å². The lowest BCUT2D eigenvalue weighted by Crippen LogP contribution is -2.43. The van der Waals surface area contributed by atoms with Crippen LogP contribution in [0.2, 0.25) is 0 Å². The number of ether oxygens (including phenoxy) is 1. The maximum atomic E-state index is 11.8. The first-order chi connectivity index (χ1) is 15.6. The molecule has 2 aromatic heterocycles. The van der Waals surface area contributed by atoms with E-state index in [1.54, 1.807) is 0 Å². The van der Waals surface area contributed by atoms with Crippen molar-refractivity contribution in [3.8, 4) is 11.3 Å². The molecule has 0 radical (unpaired) electrons. The number of anilines is 2. The number of nitrogens with zero attached hydrogens (tertiary/aromatic N) is 4. The molecule has 8 nitrogen and oxygen atoms in total. The molecule has 0 unspecified atom stereocenters. The van der Waals surface area contributed by atoms with E-state index in [0.29, 0.717) is 19.8 Å². The molecule has 0 saturated carbocycles. The first kappa shape index (κ1) is 22.1. The molecule has 3 aromatic rings. The van der Waals surface area contributed by atoms with Gasteiger partial charge in [0.25, 0.3) is 0 Å². The summed E-state index contributed by atoms with van der Waals surface area (Å²) in [6.07, 6.45) is 4.11. The molecule has 0 aliphatic carbocycles. The van der Waals surface area contributed by atoms with Crippen molar-refractivity contribution in [2.75, 3.05) is 36.5 Å². The first-order valence-electron chi connectivity index (χ1n) is 11.5. The van der Waals surface area contributed by atoms with Gasteiger partial charge < -0.3 is 24.8 Å². The van der Waals surface area contributed by atoms with Crippen LogP contribution in [-0.2, 0) is 11.3 Å². The highest BCUT2D eigenvalue weighted by atomic mass is 16.5. The fourth-order valence-electron chi connectivity index (χ4n) is 4.02. The van der Waals surface area contributed by atoms with Crippen molar-refractivity contribution in [1.82, 2.24) is 19.9 Å². The third-order valence-electron chi connectivity index (χ3n) is 5.76. The van der Waals surface area contributed by atoms with Crippen molar-refractivity contribution >= 4 is 28.6 Å². The van der Waals surface area contributed by atoms with Gasteiger partial charge in [-0.15, -0.1) is 0 Å². The topological polar surface area (TPSA) is 84.3 Å². The molecule has 0 bridgehead atoms. The first-order valence-corrected chi connectivity index (χ1v) is 11.5. The molecule has 3 heterocycles. The van der Waals surface area contributed by atoms with E-state index in [4.69, 9.17) is 14.7 Å². The van der Waals surface area contributed by atoms with Gasteiger partial charge in [0, 0.05) is 36.9 Å². The summed E-state index contributed by atoms with van der Waals surface area (Å²) in [5, 5.41) is 5.58. The number of fused-ring (bicyclic) bond motifs is 1. The van der Waals surface area contributed by atoms with Crippen molar-refractivity contribution in [1.29, 1.82) is 0 Å². The van der Waals surface area contributed by atoms with Crippen molar-refractivity contribution in [3.63, 3.8) is 0 Å². The van der Waals surface area contributed by atoms with Gasteiger partial charge in [-0.05, 0) is 38.5 Å². The molecule has 1 aromatic carbocycles. The highest BCUT2D eigenvalue weighted by molar-refractivity contribution is 5.91. The van der Waals surface area contributed by atoms with Crippen LogP contribution in [0.4, 0.5) is 16.2 Å². The lowest BCUT2D eigenvalue weighted by molar-refractivity contribution is 0.0991. The highest BCUT2D eigenvalue weighted by Crippen LogP contribution is 2.32. The summed E-state index contributed by atoms with van der Waals surface area (Å²) in [5.41, 5.74) is 5.59. The molecule has 170 valence electrons. The standard InChI is InChI=1S/C24H32N6O2/c1-4-6-11-29-16-26-22-21(30-12-13-32-15-17(30)3)14-20(28-23(22)29)18-7-9-19(10-8-18)27-24(31)25-5-2/h7-10,14,16-17H,4-6,11-13,15H2,1-3H3,(H2,25,27,31)/t17-/m0/s1. The van der Waals surface area contributed by atoms with E-state index in [-0.39, 0.29) is 12.1 Å². The molecule has 1 aliphatic heterocycles. The van der Waals surface area contributed by atoms with Crippen LogP contribution in [0, 0.1) is 0 Å². The number of pyridine rings is 1. The molecule has 0 spiro atoms. The molecule has 1 atom stereocenters. The molecular weight excluding hydrogens is 404 g/mol. The lowest BCUT2D eigenvalue weighted by Gasteiger charge is -2.35. The molecule has 32 heavy (non-hydrogen) atoms. The number of benzene rings is 1. The average Bonchev–Trinajstić information content (AvgIpc) is 3.21. The third-order valence-corrected chi connectivity index (χ3v) is 5.76. The molecule has 1 fully saturated rings. The quantitative estimate of drug-likeness (QED) is 0.578. The monoisotopic (exact) mass is 436 g/mol.